The highest BCUT2D eigenvalue weighted by atomic mass is 32.2. The molecule has 1 atom stereocenters. The molecule has 1 N–H and O–H groups in total. The summed E-state index contributed by atoms with van der Waals surface area (Å²) in [5, 5.41) is 2.64. The van der Waals surface area contributed by atoms with Crippen LogP contribution in [0.1, 0.15) is 31.1 Å². The van der Waals surface area contributed by atoms with E-state index in [2.05, 4.69) is 5.32 Å². The molecule has 1 aliphatic heterocycles. The molecular weight excluding hydrogens is 388 g/mol. The maximum Gasteiger partial charge on any atom is 0.342 e. The van der Waals surface area contributed by atoms with Crippen LogP contribution in [0.5, 0.6) is 5.75 Å². The van der Waals surface area contributed by atoms with E-state index < -0.39 is 28.0 Å². The topological polar surface area (TPSA) is 111 Å². The summed E-state index contributed by atoms with van der Waals surface area (Å²) in [5.74, 6) is -1.14. The summed E-state index contributed by atoms with van der Waals surface area (Å²) in [6, 6.07) is 3.86. The third-order valence-electron chi connectivity index (χ3n) is 4.08. The zero-order chi connectivity index (χ0) is 20.9. The molecule has 10 heteroatoms. The predicted octanol–water partition coefficient (Wildman–Crippen LogP) is 0.786. The number of rotatable bonds is 7. The van der Waals surface area contributed by atoms with Crippen molar-refractivity contribution in [2.24, 2.45) is 0 Å². The largest absolute Gasteiger partial charge is 0.496 e. The minimum atomic E-state index is -3.79. The van der Waals surface area contributed by atoms with Crippen LogP contribution in [0.3, 0.4) is 0 Å². The number of carbonyl (C=O) groups is 2. The summed E-state index contributed by atoms with van der Waals surface area (Å²) < 4.78 is 42.5. The zero-order valence-corrected chi connectivity index (χ0v) is 17.2. The van der Waals surface area contributed by atoms with E-state index in [4.69, 9.17) is 14.2 Å². The highest BCUT2D eigenvalue weighted by Gasteiger charge is 2.29. The number of morpholine rings is 1. The number of hydrogen-bond acceptors (Lipinski definition) is 7. The monoisotopic (exact) mass is 414 g/mol. The lowest BCUT2D eigenvalue weighted by atomic mass is 10.2. The minimum absolute atomic E-state index is 0.0542. The van der Waals surface area contributed by atoms with Gasteiger partial charge in [-0.1, -0.05) is 0 Å². The fraction of sp³-hybridized carbons (Fsp3) is 0.556. The van der Waals surface area contributed by atoms with Crippen molar-refractivity contribution in [3.05, 3.63) is 23.8 Å². The fourth-order valence-corrected chi connectivity index (χ4v) is 4.06. The third kappa shape index (κ3) is 5.21. The number of methoxy groups -OCH3 is 1. The Morgan fingerprint density at radius 2 is 1.82 bits per heavy atom. The number of ether oxygens (including phenoxy) is 3. The van der Waals surface area contributed by atoms with Gasteiger partial charge in [-0.15, -0.1) is 0 Å². The smallest absolute Gasteiger partial charge is 0.342 e. The van der Waals surface area contributed by atoms with E-state index in [-0.39, 0.29) is 35.3 Å². The van der Waals surface area contributed by atoms with Crippen molar-refractivity contribution in [2.75, 3.05) is 33.4 Å². The van der Waals surface area contributed by atoms with E-state index in [0.29, 0.717) is 13.2 Å². The second-order valence-corrected chi connectivity index (χ2v) is 8.53. The first-order valence-electron chi connectivity index (χ1n) is 8.94. The van der Waals surface area contributed by atoms with Crippen LogP contribution in [0.2, 0.25) is 0 Å². The molecule has 1 aliphatic rings. The maximum absolute atomic E-state index is 12.8. The minimum Gasteiger partial charge on any atom is -0.496 e. The van der Waals surface area contributed by atoms with Gasteiger partial charge in [0, 0.05) is 19.1 Å². The predicted molar refractivity (Wildman–Crippen MR) is 101 cm³/mol. The molecule has 156 valence electrons. The van der Waals surface area contributed by atoms with Crippen LogP contribution >= 0.6 is 0 Å². The van der Waals surface area contributed by atoms with Crippen molar-refractivity contribution in [3.63, 3.8) is 0 Å². The van der Waals surface area contributed by atoms with Crippen molar-refractivity contribution in [1.82, 2.24) is 9.62 Å². The van der Waals surface area contributed by atoms with Crippen molar-refractivity contribution in [1.29, 1.82) is 0 Å². The highest BCUT2D eigenvalue weighted by molar-refractivity contribution is 7.89. The van der Waals surface area contributed by atoms with E-state index in [1.165, 1.54) is 36.5 Å². The molecule has 1 aromatic carbocycles. The van der Waals surface area contributed by atoms with E-state index in [9.17, 15) is 18.0 Å². The second-order valence-electron chi connectivity index (χ2n) is 6.59. The number of amides is 1. The van der Waals surface area contributed by atoms with Crippen LogP contribution in [-0.4, -0.2) is 70.2 Å². The molecule has 0 aromatic heterocycles. The summed E-state index contributed by atoms with van der Waals surface area (Å²) in [4.78, 5) is 24.5. The van der Waals surface area contributed by atoms with Crippen LogP contribution in [0.4, 0.5) is 0 Å². The maximum atomic E-state index is 12.8. The molecule has 0 unspecified atom stereocenters. The van der Waals surface area contributed by atoms with Crippen molar-refractivity contribution in [3.8, 4) is 5.75 Å². The molecule has 0 bridgehead atoms. The quantitative estimate of drug-likeness (QED) is 0.657. The fourth-order valence-electron chi connectivity index (χ4n) is 2.62. The first-order valence-corrected chi connectivity index (χ1v) is 10.4. The van der Waals surface area contributed by atoms with Gasteiger partial charge in [-0.05, 0) is 39.0 Å². The Morgan fingerprint density at radius 1 is 1.18 bits per heavy atom. The first kappa shape index (κ1) is 22.1. The Labute approximate surface area is 165 Å². The van der Waals surface area contributed by atoms with Crippen LogP contribution < -0.4 is 10.1 Å². The molecule has 0 aliphatic carbocycles. The molecule has 1 saturated heterocycles. The van der Waals surface area contributed by atoms with E-state index in [0.717, 1.165) is 0 Å². The first-order chi connectivity index (χ1) is 13.2. The lowest BCUT2D eigenvalue weighted by Gasteiger charge is -2.26. The van der Waals surface area contributed by atoms with Crippen LogP contribution in [0.25, 0.3) is 0 Å². The molecule has 1 heterocycles. The molecular formula is C18H26N2O7S. The third-order valence-corrected chi connectivity index (χ3v) is 5.98. The molecule has 28 heavy (non-hydrogen) atoms. The van der Waals surface area contributed by atoms with E-state index in [1.807, 2.05) is 0 Å². The Kier molecular flexibility index (Phi) is 7.39. The van der Waals surface area contributed by atoms with Crippen LogP contribution in [0.15, 0.2) is 23.1 Å². The van der Waals surface area contributed by atoms with Gasteiger partial charge in [-0.3, -0.25) is 4.79 Å². The molecule has 0 spiro atoms. The van der Waals surface area contributed by atoms with Crippen LogP contribution in [0, 0.1) is 0 Å². The zero-order valence-electron chi connectivity index (χ0n) is 16.4. The van der Waals surface area contributed by atoms with Gasteiger partial charge in [-0.25, -0.2) is 13.2 Å². The molecule has 0 radical (unpaired) electrons. The normalized spacial score (nSPS) is 16.5. The Hall–Kier alpha value is -2.17. The van der Waals surface area contributed by atoms with Gasteiger partial charge in [-0.2, -0.15) is 4.31 Å². The van der Waals surface area contributed by atoms with Gasteiger partial charge in [0.1, 0.15) is 11.3 Å². The Balaban J connectivity index is 2.27. The van der Waals surface area contributed by atoms with Gasteiger partial charge >= 0.3 is 5.97 Å². The summed E-state index contributed by atoms with van der Waals surface area (Å²) in [6.07, 6.45) is -1.04. The van der Waals surface area contributed by atoms with Crippen molar-refractivity contribution >= 4 is 21.9 Å². The number of nitrogens with zero attached hydrogens (tertiary/aromatic N) is 1. The Morgan fingerprint density at radius 3 is 2.39 bits per heavy atom. The van der Waals surface area contributed by atoms with Crippen molar-refractivity contribution in [2.45, 2.75) is 37.8 Å². The lowest BCUT2D eigenvalue weighted by Crippen LogP contribution is -2.40. The lowest BCUT2D eigenvalue weighted by molar-refractivity contribution is -0.129. The summed E-state index contributed by atoms with van der Waals surface area (Å²) in [5.41, 5.74) is -0.0685. The van der Waals surface area contributed by atoms with Gasteiger partial charge in [0.05, 0.1) is 25.2 Å². The van der Waals surface area contributed by atoms with Gasteiger partial charge < -0.3 is 19.5 Å². The molecule has 1 amide bonds. The van der Waals surface area contributed by atoms with E-state index >= 15 is 0 Å². The average Bonchev–Trinajstić information content (AvgIpc) is 2.67. The SMILES string of the molecule is COc1ccc(S(=O)(=O)N2CCOCC2)cc1C(=O)O[C@@H](C)C(=O)NC(C)C. The molecule has 9 nitrogen and oxygen atoms in total. The van der Waals surface area contributed by atoms with Gasteiger partial charge in [0.2, 0.25) is 10.0 Å². The van der Waals surface area contributed by atoms with Crippen LogP contribution in [-0.2, 0) is 24.3 Å². The highest BCUT2D eigenvalue weighted by Crippen LogP contribution is 2.26. The second kappa shape index (κ2) is 9.35. The molecule has 1 fully saturated rings. The number of hydrogen-bond donors (Lipinski definition) is 1. The number of esters is 1. The van der Waals surface area contributed by atoms with Gasteiger partial charge in [0.25, 0.3) is 5.91 Å². The number of sulfonamides is 1. The summed E-state index contributed by atoms with van der Waals surface area (Å²) in [7, 11) is -2.43. The number of benzene rings is 1. The molecule has 1 aromatic rings. The van der Waals surface area contributed by atoms with Gasteiger partial charge in [0.15, 0.2) is 6.10 Å². The molecule has 0 saturated carbocycles. The number of carbonyl (C=O) groups excluding carboxylic acids is 2. The summed E-state index contributed by atoms with van der Waals surface area (Å²) in [6.45, 7) is 6.11. The Bertz CT molecular complexity index is 817. The number of nitrogens with one attached hydrogen (secondary N) is 1. The summed E-state index contributed by atoms with van der Waals surface area (Å²) >= 11 is 0. The average molecular weight is 414 g/mol. The standard InChI is InChI=1S/C18H26N2O7S/c1-12(2)19-17(21)13(3)27-18(22)15-11-14(5-6-16(15)25-4)28(23,24)20-7-9-26-10-8-20/h5-6,11-13H,7-10H2,1-4H3,(H,19,21)/t13-/m0/s1. The molecule has 2 rings (SSSR count). The van der Waals surface area contributed by atoms with E-state index in [1.54, 1.807) is 13.8 Å². The van der Waals surface area contributed by atoms with Crippen molar-refractivity contribution < 1.29 is 32.2 Å².